The molecule has 0 N–H and O–H groups in total. The van der Waals surface area contributed by atoms with Crippen molar-refractivity contribution in [1.82, 2.24) is 0 Å². The maximum absolute atomic E-state index is 12.0. The van der Waals surface area contributed by atoms with E-state index in [2.05, 4.69) is 20.3 Å². The summed E-state index contributed by atoms with van der Waals surface area (Å²) in [6.45, 7) is 9.70. The first-order valence-electron chi connectivity index (χ1n) is 5.46. The van der Waals surface area contributed by atoms with Crippen LogP contribution in [0.2, 0.25) is 0 Å². The van der Waals surface area contributed by atoms with Gasteiger partial charge in [0.05, 0.1) is 5.71 Å². The van der Waals surface area contributed by atoms with Gasteiger partial charge in [0, 0.05) is 10.0 Å². The molecule has 1 atom stereocenters. The summed E-state index contributed by atoms with van der Waals surface area (Å²) in [7, 11) is 0. The minimum absolute atomic E-state index is 0.318. The number of hydrogen-bond donors (Lipinski definition) is 0. The van der Waals surface area contributed by atoms with Gasteiger partial charge >= 0.3 is 0 Å². The topological polar surface area (TPSA) is 35.4 Å². The summed E-state index contributed by atoms with van der Waals surface area (Å²) in [6.07, 6.45) is 0. The van der Waals surface area contributed by atoms with Crippen LogP contribution in [0.3, 0.4) is 0 Å². The second-order valence-electron chi connectivity index (χ2n) is 4.95. The molecule has 0 heterocycles. The molecular formula is C13H18BrNOS. The Balaban J connectivity index is 3.09. The molecule has 0 aliphatic carbocycles. The summed E-state index contributed by atoms with van der Waals surface area (Å²) < 4.78 is 17.0. The molecule has 1 aromatic rings. The van der Waals surface area contributed by atoms with Crippen molar-refractivity contribution >= 4 is 33.0 Å². The van der Waals surface area contributed by atoms with Gasteiger partial charge in [0.25, 0.3) is 0 Å². The number of nitrogens with zero attached hydrogens (tertiary/aromatic N) is 1. The van der Waals surface area contributed by atoms with Crippen LogP contribution in [-0.4, -0.2) is 15.0 Å². The predicted octanol–water partition coefficient (Wildman–Crippen LogP) is 4.03. The molecule has 94 valence electrons. The van der Waals surface area contributed by atoms with Crippen molar-refractivity contribution in [2.24, 2.45) is 4.40 Å². The number of benzene rings is 1. The first-order chi connectivity index (χ1) is 7.73. The maximum Gasteiger partial charge on any atom is 0.144 e. The average molecular weight is 316 g/mol. The zero-order valence-electron chi connectivity index (χ0n) is 10.9. The fourth-order valence-corrected chi connectivity index (χ4v) is 2.30. The molecule has 0 saturated carbocycles. The molecule has 4 heteroatoms. The Morgan fingerprint density at radius 1 is 1.35 bits per heavy atom. The number of hydrogen-bond acceptors (Lipinski definition) is 2. The lowest BCUT2D eigenvalue weighted by Gasteiger charge is -2.19. The van der Waals surface area contributed by atoms with Crippen molar-refractivity contribution in [3.8, 4) is 0 Å². The van der Waals surface area contributed by atoms with Crippen molar-refractivity contribution in [3.63, 3.8) is 0 Å². The highest BCUT2D eigenvalue weighted by Crippen LogP contribution is 2.22. The molecule has 1 aromatic carbocycles. The van der Waals surface area contributed by atoms with Gasteiger partial charge in [-0.25, -0.2) is 0 Å². The molecule has 1 rings (SSSR count). The second kappa shape index (κ2) is 5.55. The van der Waals surface area contributed by atoms with Crippen LogP contribution in [0.5, 0.6) is 0 Å². The highest BCUT2D eigenvalue weighted by Gasteiger charge is 2.27. The van der Waals surface area contributed by atoms with Crippen LogP contribution >= 0.6 is 15.9 Å². The Hall–Kier alpha value is -0.320. The smallest absolute Gasteiger partial charge is 0.144 e. The normalized spacial score (nSPS) is 14.9. The minimum atomic E-state index is -1.21. The minimum Gasteiger partial charge on any atom is -0.591 e. The Morgan fingerprint density at radius 3 is 2.47 bits per heavy atom. The van der Waals surface area contributed by atoms with E-state index in [-0.39, 0.29) is 4.75 Å². The zero-order valence-corrected chi connectivity index (χ0v) is 13.3. The number of halogens is 1. The van der Waals surface area contributed by atoms with E-state index in [0.29, 0.717) is 0 Å². The van der Waals surface area contributed by atoms with Crippen molar-refractivity contribution in [1.29, 1.82) is 0 Å². The van der Waals surface area contributed by atoms with E-state index in [1.54, 1.807) is 0 Å². The molecule has 17 heavy (non-hydrogen) atoms. The molecule has 0 saturated heterocycles. The second-order valence-corrected chi connectivity index (χ2v) is 7.71. The Labute approximate surface area is 115 Å². The lowest BCUT2D eigenvalue weighted by molar-refractivity contribution is 0.561. The highest BCUT2D eigenvalue weighted by atomic mass is 79.9. The van der Waals surface area contributed by atoms with Gasteiger partial charge in [-0.05, 0) is 46.2 Å². The zero-order chi connectivity index (χ0) is 13.2. The monoisotopic (exact) mass is 315 g/mol. The summed E-state index contributed by atoms with van der Waals surface area (Å²) >= 11 is 2.28. The van der Waals surface area contributed by atoms with E-state index in [1.165, 1.54) is 0 Å². The van der Waals surface area contributed by atoms with Gasteiger partial charge in [-0.2, -0.15) is 0 Å². The average Bonchev–Trinajstić information content (AvgIpc) is 2.20. The highest BCUT2D eigenvalue weighted by molar-refractivity contribution is 9.10. The van der Waals surface area contributed by atoms with Crippen molar-refractivity contribution < 1.29 is 4.55 Å². The molecule has 0 radical (unpaired) electrons. The molecule has 0 fully saturated rings. The van der Waals surface area contributed by atoms with E-state index in [1.807, 2.05) is 52.8 Å². The largest absolute Gasteiger partial charge is 0.591 e. The van der Waals surface area contributed by atoms with Gasteiger partial charge in [-0.3, -0.25) is 0 Å². The number of rotatable bonds is 2. The molecular weight excluding hydrogens is 298 g/mol. The summed E-state index contributed by atoms with van der Waals surface area (Å²) in [5.74, 6) is 0. The molecule has 0 aliphatic heterocycles. The standard InChI is InChI=1S/C13H18BrNOS/c1-9-11(7-6-8-12(9)14)10(2)15-17(16)13(3,4)5/h6-8H,1-5H3/b15-10+/t17-/m1/s1. The summed E-state index contributed by atoms with van der Waals surface area (Å²) in [5.41, 5.74) is 2.98. The van der Waals surface area contributed by atoms with Gasteiger partial charge in [0.15, 0.2) is 0 Å². The third kappa shape index (κ3) is 3.83. The lowest BCUT2D eigenvalue weighted by Crippen LogP contribution is -2.26. The van der Waals surface area contributed by atoms with Crippen LogP contribution in [0.4, 0.5) is 0 Å². The van der Waals surface area contributed by atoms with Crippen LogP contribution in [-0.2, 0) is 11.4 Å². The van der Waals surface area contributed by atoms with Gasteiger partial charge in [0.2, 0.25) is 0 Å². The molecule has 0 amide bonds. The van der Waals surface area contributed by atoms with Crippen molar-refractivity contribution in [3.05, 3.63) is 33.8 Å². The molecule has 0 aromatic heterocycles. The van der Waals surface area contributed by atoms with E-state index >= 15 is 0 Å². The lowest BCUT2D eigenvalue weighted by atomic mass is 10.1. The van der Waals surface area contributed by atoms with E-state index in [0.717, 1.165) is 21.3 Å². The van der Waals surface area contributed by atoms with Crippen LogP contribution < -0.4 is 0 Å². The third-order valence-corrected chi connectivity index (χ3v) is 4.75. The fourth-order valence-electron chi connectivity index (χ4n) is 1.31. The Morgan fingerprint density at radius 2 is 1.94 bits per heavy atom. The van der Waals surface area contributed by atoms with E-state index in [9.17, 15) is 4.55 Å². The molecule has 0 bridgehead atoms. The Bertz CT molecular complexity index is 438. The third-order valence-electron chi connectivity index (χ3n) is 2.40. The van der Waals surface area contributed by atoms with Gasteiger partial charge in [0.1, 0.15) is 16.1 Å². The van der Waals surface area contributed by atoms with Crippen LogP contribution in [0.1, 0.15) is 38.8 Å². The van der Waals surface area contributed by atoms with Crippen molar-refractivity contribution in [2.45, 2.75) is 39.4 Å². The quantitative estimate of drug-likeness (QED) is 0.599. The Kier molecular flexibility index (Phi) is 4.81. The molecule has 2 nitrogen and oxygen atoms in total. The first kappa shape index (κ1) is 14.7. The van der Waals surface area contributed by atoms with E-state index < -0.39 is 11.4 Å². The van der Waals surface area contributed by atoms with Gasteiger partial charge < -0.3 is 4.55 Å². The van der Waals surface area contributed by atoms with Crippen LogP contribution in [0, 0.1) is 6.92 Å². The van der Waals surface area contributed by atoms with E-state index in [4.69, 9.17) is 0 Å². The summed E-state index contributed by atoms with van der Waals surface area (Å²) in [5, 5.41) is 0. The van der Waals surface area contributed by atoms with Crippen molar-refractivity contribution in [2.75, 3.05) is 0 Å². The summed E-state index contributed by atoms with van der Waals surface area (Å²) in [4.78, 5) is 0. The summed E-state index contributed by atoms with van der Waals surface area (Å²) in [6, 6.07) is 5.96. The molecule has 0 spiro atoms. The molecule has 0 unspecified atom stereocenters. The SMILES string of the molecule is C/C(=N\[S@+]([O-])C(C)(C)C)c1cccc(Br)c1C. The molecule has 0 aliphatic rings. The first-order valence-corrected chi connectivity index (χ1v) is 7.36. The predicted molar refractivity (Wildman–Crippen MR) is 79.0 cm³/mol. The fraction of sp³-hybridized carbons (Fsp3) is 0.462. The van der Waals surface area contributed by atoms with Gasteiger partial charge in [-0.15, -0.1) is 0 Å². The van der Waals surface area contributed by atoms with Crippen LogP contribution in [0.15, 0.2) is 27.1 Å². The van der Waals surface area contributed by atoms with Crippen LogP contribution in [0.25, 0.3) is 0 Å². The van der Waals surface area contributed by atoms with Gasteiger partial charge in [-0.1, -0.05) is 32.5 Å². The maximum atomic E-state index is 12.0.